The molecule has 2 aromatic carbocycles. The fourth-order valence-corrected chi connectivity index (χ4v) is 8.82. The third-order valence-electron chi connectivity index (χ3n) is 12.2. The number of carbonyl (C=O) groups excluding carboxylic acids is 5. The topological polar surface area (TPSA) is 149 Å². The van der Waals surface area contributed by atoms with Crippen LogP contribution < -0.4 is 5.32 Å². The standard InChI is InChI=1S/C27H40N2O5.C16H21N3O3/c1-18-15-21(16-19(2)26(18)32)17-20(3)27(33)29-13-9-23(10-14-29)22-7-11-28(12-8-22)24(30)5-6-25(31)34-4;1-22-16(21)18-9-7-13(8-10-18)19-11-6-12-4-2-3-5-14(12)17-15(19)20/h15-16,20,22-23,32H,5-14,17H2,1-4H3;2-5,13H,6-11H2,1H3,(H,17,20)/t20-;/m1./s1. The average molecular weight is 776 g/mol. The van der Waals surface area contributed by atoms with Crippen LogP contribution in [-0.2, 0) is 36.7 Å². The van der Waals surface area contributed by atoms with Crippen molar-refractivity contribution in [3.05, 3.63) is 58.7 Å². The molecular formula is C43H61N5O8. The molecule has 3 fully saturated rings. The molecule has 13 heteroatoms. The van der Waals surface area contributed by atoms with Crippen molar-refractivity contribution in [2.45, 2.75) is 91.0 Å². The first-order chi connectivity index (χ1) is 26.9. The molecule has 0 radical (unpaired) electrons. The average Bonchev–Trinajstić information content (AvgIpc) is 3.39. The summed E-state index contributed by atoms with van der Waals surface area (Å²) in [6.45, 7) is 10.9. The van der Waals surface area contributed by atoms with Crippen molar-refractivity contribution in [2.24, 2.45) is 17.8 Å². The zero-order valence-corrected chi connectivity index (χ0v) is 33.9. The highest BCUT2D eigenvalue weighted by atomic mass is 16.5. The van der Waals surface area contributed by atoms with E-state index in [2.05, 4.69) is 16.1 Å². The maximum Gasteiger partial charge on any atom is 0.409 e. The quantitative estimate of drug-likeness (QED) is 0.314. The maximum absolute atomic E-state index is 13.1. The zero-order chi connectivity index (χ0) is 40.4. The molecule has 1 atom stereocenters. The molecule has 0 saturated carbocycles. The first kappa shape index (κ1) is 42.3. The van der Waals surface area contributed by atoms with Crippen molar-refractivity contribution in [3.8, 4) is 5.75 Å². The molecular weight excluding hydrogens is 714 g/mol. The molecule has 6 rings (SSSR count). The molecule has 0 aromatic heterocycles. The van der Waals surface area contributed by atoms with E-state index < -0.39 is 0 Å². The van der Waals surface area contributed by atoms with Crippen LogP contribution in [0.25, 0.3) is 0 Å². The van der Waals surface area contributed by atoms with Crippen molar-refractivity contribution in [1.29, 1.82) is 0 Å². The number of anilines is 1. The van der Waals surface area contributed by atoms with Crippen LogP contribution in [0.15, 0.2) is 36.4 Å². The number of phenolic OH excluding ortho intramolecular Hbond substituents is 1. The Hall–Kier alpha value is -4.81. The van der Waals surface area contributed by atoms with Gasteiger partial charge >= 0.3 is 18.1 Å². The number of likely N-dealkylation sites (tertiary alicyclic amines) is 3. The highest BCUT2D eigenvalue weighted by Gasteiger charge is 2.34. The van der Waals surface area contributed by atoms with Crippen molar-refractivity contribution in [3.63, 3.8) is 0 Å². The Morgan fingerprint density at radius 2 is 1.36 bits per heavy atom. The van der Waals surface area contributed by atoms with Crippen molar-refractivity contribution in [2.75, 3.05) is 65.3 Å². The number of hydrogen-bond donors (Lipinski definition) is 2. The first-order valence-electron chi connectivity index (χ1n) is 20.3. The fraction of sp³-hybridized carbons (Fsp3) is 0.605. The fourth-order valence-electron chi connectivity index (χ4n) is 8.82. The van der Waals surface area contributed by atoms with Crippen LogP contribution in [0, 0.1) is 31.6 Å². The van der Waals surface area contributed by atoms with Crippen LogP contribution in [0.5, 0.6) is 5.75 Å². The molecule has 0 spiro atoms. The number of nitrogens with one attached hydrogen (secondary N) is 1. The lowest BCUT2D eigenvalue weighted by Crippen LogP contribution is -2.50. The molecule has 13 nitrogen and oxygen atoms in total. The monoisotopic (exact) mass is 775 g/mol. The van der Waals surface area contributed by atoms with Gasteiger partial charge in [0.2, 0.25) is 11.8 Å². The van der Waals surface area contributed by atoms with Gasteiger partial charge in [0.15, 0.2) is 0 Å². The largest absolute Gasteiger partial charge is 0.507 e. The molecule has 0 aliphatic carbocycles. The van der Waals surface area contributed by atoms with Gasteiger partial charge in [-0.3, -0.25) is 14.4 Å². The van der Waals surface area contributed by atoms with Crippen molar-refractivity contribution >= 4 is 35.6 Å². The summed E-state index contributed by atoms with van der Waals surface area (Å²) in [6.07, 6.45) is 7.25. The molecule has 5 amide bonds. The number of urea groups is 1. The summed E-state index contributed by atoms with van der Waals surface area (Å²) < 4.78 is 9.37. The van der Waals surface area contributed by atoms with Crippen LogP contribution in [0.3, 0.4) is 0 Å². The second-order valence-electron chi connectivity index (χ2n) is 15.9. The molecule has 4 heterocycles. The molecule has 4 aliphatic heterocycles. The van der Waals surface area contributed by atoms with Gasteiger partial charge in [-0.15, -0.1) is 0 Å². The molecule has 2 N–H and O–H groups in total. The van der Waals surface area contributed by atoms with E-state index in [1.165, 1.54) is 19.8 Å². The predicted molar refractivity (Wildman–Crippen MR) is 213 cm³/mol. The Morgan fingerprint density at radius 3 is 1.95 bits per heavy atom. The van der Waals surface area contributed by atoms with Gasteiger partial charge in [0, 0.05) is 69.9 Å². The van der Waals surface area contributed by atoms with Gasteiger partial charge in [0.05, 0.1) is 20.6 Å². The number of phenols is 1. The van der Waals surface area contributed by atoms with E-state index in [1.54, 1.807) is 4.90 Å². The molecule has 4 aliphatic rings. The highest BCUT2D eigenvalue weighted by Crippen LogP contribution is 2.34. The number of aryl methyl sites for hydroxylation is 2. The molecule has 56 heavy (non-hydrogen) atoms. The lowest BCUT2D eigenvalue weighted by Gasteiger charge is -2.40. The summed E-state index contributed by atoms with van der Waals surface area (Å²) in [6, 6.07) is 12.0. The third kappa shape index (κ3) is 10.9. The second-order valence-corrected chi connectivity index (χ2v) is 15.9. The van der Waals surface area contributed by atoms with E-state index in [-0.39, 0.29) is 54.7 Å². The lowest BCUT2D eigenvalue weighted by atomic mass is 9.78. The first-order valence-corrected chi connectivity index (χ1v) is 20.3. The van der Waals surface area contributed by atoms with Crippen molar-refractivity contribution < 1.29 is 38.6 Å². The van der Waals surface area contributed by atoms with Crippen LogP contribution in [0.1, 0.15) is 80.5 Å². The molecule has 306 valence electrons. The number of rotatable bonds is 8. The molecule has 0 unspecified atom stereocenters. The third-order valence-corrected chi connectivity index (χ3v) is 12.2. The van der Waals surface area contributed by atoms with Crippen LogP contribution >= 0.6 is 0 Å². The summed E-state index contributed by atoms with van der Waals surface area (Å²) in [5.74, 6) is 1.37. The SMILES string of the molecule is COC(=O)CCC(=O)N1CCC(C2CCN(C(=O)[C@H](C)Cc3cc(C)c(O)c(C)c3)CC2)CC1.COC(=O)N1CCC(N2CCc3ccccc3NC2=O)CC1. The number of hydrogen-bond acceptors (Lipinski definition) is 8. The molecule has 2 aromatic rings. The second kappa shape index (κ2) is 19.9. The van der Waals surface area contributed by atoms with E-state index in [0.29, 0.717) is 43.6 Å². The summed E-state index contributed by atoms with van der Waals surface area (Å²) in [4.78, 5) is 68.2. The number of esters is 1. The Balaban J connectivity index is 0.000000234. The summed E-state index contributed by atoms with van der Waals surface area (Å²) in [5.41, 5.74) is 4.88. The number of fused-ring (bicyclic) bond motifs is 1. The highest BCUT2D eigenvalue weighted by molar-refractivity contribution is 5.91. The number of ether oxygens (including phenoxy) is 2. The number of carbonyl (C=O) groups is 5. The lowest BCUT2D eigenvalue weighted by molar-refractivity contribution is -0.144. The number of aromatic hydroxyl groups is 1. The predicted octanol–water partition coefficient (Wildman–Crippen LogP) is 5.93. The Kier molecular flexibility index (Phi) is 15.0. The van der Waals surface area contributed by atoms with E-state index in [1.807, 2.05) is 65.8 Å². The van der Waals surface area contributed by atoms with E-state index in [9.17, 15) is 29.1 Å². The maximum atomic E-state index is 13.1. The smallest absolute Gasteiger partial charge is 0.409 e. The minimum atomic E-state index is -0.341. The Labute approximate surface area is 331 Å². The summed E-state index contributed by atoms with van der Waals surface area (Å²) in [5, 5.41) is 13.0. The van der Waals surface area contributed by atoms with Gasteiger partial charge in [-0.1, -0.05) is 37.3 Å². The Morgan fingerprint density at radius 1 is 0.786 bits per heavy atom. The van der Waals surface area contributed by atoms with Crippen LogP contribution in [0.4, 0.5) is 15.3 Å². The van der Waals surface area contributed by atoms with Gasteiger partial charge in [-0.2, -0.15) is 0 Å². The van der Waals surface area contributed by atoms with Gasteiger partial charge in [0.25, 0.3) is 0 Å². The van der Waals surface area contributed by atoms with Gasteiger partial charge < -0.3 is 39.5 Å². The van der Waals surface area contributed by atoms with E-state index >= 15 is 0 Å². The Bertz CT molecular complexity index is 1670. The summed E-state index contributed by atoms with van der Waals surface area (Å²) in [7, 11) is 2.74. The van der Waals surface area contributed by atoms with Crippen LogP contribution in [-0.4, -0.2) is 121 Å². The minimum Gasteiger partial charge on any atom is -0.507 e. The minimum absolute atomic E-state index is 0.0391. The van der Waals surface area contributed by atoms with E-state index in [4.69, 9.17) is 4.74 Å². The number of methoxy groups -OCH3 is 2. The number of para-hydroxylation sites is 1. The van der Waals surface area contributed by atoms with Gasteiger partial charge in [0.1, 0.15) is 5.75 Å². The number of amides is 5. The number of benzene rings is 2. The zero-order valence-electron chi connectivity index (χ0n) is 33.9. The normalized spacial score (nSPS) is 18.8. The molecule has 0 bridgehead atoms. The molecule has 3 saturated heterocycles. The van der Waals surface area contributed by atoms with Crippen molar-refractivity contribution in [1.82, 2.24) is 19.6 Å². The number of piperidine rings is 3. The summed E-state index contributed by atoms with van der Waals surface area (Å²) >= 11 is 0. The van der Waals surface area contributed by atoms with Gasteiger partial charge in [-0.05, 0) is 105 Å². The van der Waals surface area contributed by atoms with Crippen LogP contribution in [0.2, 0.25) is 0 Å². The number of nitrogens with zero attached hydrogens (tertiary/aromatic N) is 4. The van der Waals surface area contributed by atoms with E-state index in [0.717, 1.165) is 93.5 Å². The van der Waals surface area contributed by atoms with Gasteiger partial charge in [-0.25, -0.2) is 9.59 Å².